The Kier molecular flexibility index (Phi) is 4.24. The Morgan fingerprint density at radius 2 is 2.24 bits per heavy atom. The Hall–Kier alpha value is -1.99. The molecule has 7 heteroatoms. The number of aryl methyl sites for hydroxylation is 1. The molecule has 0 saturated carbocycles. The molecule has 0 atom stereocenters. The van der Waals surface area contributed by atoms with E-state index in [1.807, 2.05) is 32.9 Å². The second-order valence-corrected chi connectivity index (χ2v) is 6.38. The smallest absolute Gasteiger partial charge is 0.410 e. The molecule has 2 aromatic rings. The molecule has 6 nitrogen and oxygen atoms in total. The van der Waals surface area contributed by atoms with Gasteiger partial charge in [0.1, 0.15) is 0 Å². The van der Waals surface area contributed by atoms with E-state index in [0.29, 0.717) is 11.7 Å². The van der Waals surface area contributed by atoms with E-state index >= 15 is 0 Å². The van der Waals surface area contributed by atoms with Crippen molar-refractivity contribution < 1.29 is 9.90 Å². The molecule has 0 saturated heterocycles. The van der Waals surface area contributed by atoms with Gasteiger partial charge in [0.25, 0.3) is 0 Å². The van der Waals surface area contributed by atoms with Crippen LogP contribution in [0.25, 0.3) is 10.4 Å². The molecule has 0 aliphatic heterocycles. The number of aromatic nitrogens is 2. The minimum absolute atomic E-state index is 0.212. The quantitative estimate of drug-likeness (QED) is 0.806. The number of hydrogen-bond donors (Lipinski definition) is 3. The van der Waals surface area contributed by atoms with Gasteiger partial charge in [0, 0.05) is 23.9 Å². The lowest BCUT2D eigenvalue weighted by Gasteiger charge is -2.22. The van der Waals surface area contributed by atoms with E-state index in [2.05, 4.69) is 15.3 Å². The summed E-state index contributed by atoms with van der Waals surface area (Å²) in [5.41, 5.74) is 8.24. The number of nitrogens with two attached hydrogens (primary N) is 1. The van der Waals surface area contributed by atoms with E-state index in [0.717, 1.165) is 21.8 Å². The fraction of sp³-hybridized carbons (Fsp3) is 0.357. The molecule has 0 radical (unpaired) electrons. The number of rotatable bonds is 4. The highest BCUT2D eigenvalue weighted by molar-refractivity contribution is 7.19. The van der Waals surface area contributed by atoms with Crippen LogP contribution in [-0.4, -0.2) is 27.7 Å². The average molecular weight is 306 g/mol. The second kappa shape index (κ2) is 5.79. The Bertz CT molecular complexity index is 667. The molecular formula is C14H18N4O2S. The maximum atomic E-state index is 10.7. The Labute approximate surface area is 127 Å². The fourth-order valence-corrected chi connectivity index (χ4v) is 2.81. The standard InChI is InChI=1S/C14H18N4O2S/c1-8-11(21-12(17-8)18-13(19)20)9-4-5-16-10(6-9)14(2,3)7-15/h4-6H,7,15H2,1-3H3,(H,17,18)(H,19,20). The summed E-state index contributed by atoms with van der Waals surface area (Å²) < 4.78 is 0. The van der Waals surface area contributed by atoms with Gasteiger partial charge >= 0.3 is 6.09 Å². The van der Waals surface area contributed by atoms with Crippen LogP contribution in [0.15, 0.2) is 18.3 Å². The molecule has 2 heterocycles. The van der Waals surface area contributed by atoms with E-state index in [-0.39, 0.29) is 5.41 Å². The molecule has 2 aromatic heterocycles. The van der Waals surface area contributed by atoms with Crippen molar-refractivity contribution in [2.45, 2.75) is 26.2 Å². The number of thiazole rings is 1. The summed E-state index contributed by atoms with van der Waals surface area (Å²) in [6, 6.07) is 3.87. The zero-order valence-corrected chi connectivity index (χ0v) is 13.0. The van der Waals surface area contributed by atoms with Crippen molar-refractivity contribution >= 4 is 22.6 Å². The van der Waals surface area contributed by atoms with Crippen molar-refractivity contribution in [3.05, 3.63) is 29.7 Å². The van der Waals surface area contributed by atoms with Crippen LogP contribution in [0, 0.1) is 6.92 Å². The summed E-state index contributed by atoms with van der Waals surface area (Å²) in [6.45, 7) is 6.43. The normalized spacial score (nSPS) is 11.4. The summed E-state index contributed by atoms with van der Waals surface area (Å²) in [5.74, 6) is 0. The molecule has 0 bridgehead atoms. The molecule has 21 heavy (non-hydrogen) atoms. The summed E-state index contributed by atoms with van der Waals surface area (Å²) in [4.78, 5) is 20.2. The van der Waals surface area contributed by atoms with Crippen molar-refractivity contribution in [2.24, 2.45) is 5.73 Å². The number of nitrogens with one attached hydrogen (secondary N) is 1. The number of anilines is 1. The van der Waals surface area contributed by atoms with Gasteiger partial charge in [-0.25, -0.2) is 9.78 Å². The zero-order valence-electron chi connectivity index (χ0n) is 12.2. The van der Waals surface area contributed by atoms with Crippen LogP contribution in [0.3, 0.4) is 0 Å². The largest absolute Gasteiger partial charge is 0.465 e. The first-order valence-electron chi connectivity index (χ1n) is 6.48. The maximum absolute atomic E-state index is 10.7. The molecule has 0 aliphatic rings. The minimum atomic E-state index is -1.12. The van der Waals surface area contributed by atoms with Crippen molar-refractivity contribution in [1.29, 1.82) is 0 Å². The number of carbonyl (C=O) groups is 1. The molecule has 4 N–H and O–H groups in total. The van der Waals surface area contributed by atoms with Crippen molar-refractivity contribution in [1.82, 2.24) is 9.97 Å². The highest BCUT2D eigenvalue weighted by Gasteiger charge is 2.21. The molecular weight excluding hydrogens is 288 g/mol. The Morgan fingerprint density at radius 3 is 2.86 bits per heavy atom. The summed E-state index contributed by atoms with van der Waals surface area (Å²) in [5, 5.41) is 11.4. The van der Waals surface area contributed by atoms with Gasteiger partial charge in [-0.05, 0) is 24.6 Å². The van der Waals surface area contributed by atoms with Crippen molar-refractivity contribution in [2.75, 3.05) is 11.9 Å². The maximum Gasteiger partial charge on any atom is 0.410 e. The fourth-order valence-electron chi connectivity index (χ4n) is 1.86. The molecule has 0 fully saturated rings. The lowest BCUT2D eigenvalue weighted by molar-refractivity contribution is 0.209. The van der Waals surface area contributed by atoms with Crippen LogP contribution < -0.4 is 11.1 Å². The zero-order chi connectivity index (χ0) is 15.6. The third-order valence-corrected chi connectivity index (χ3v) is 4.36. The number of pyridine rings is 1. The highest BCUT2D eigenvalue weighted by atomic mass is 32.1. The van der Waals surface area contributed by atoms with E-state index in [9.17, 15) is 4.79 Å². The van der Waals surface area contributed by atoms with Crippen LogP contribution in [0.5, 0.6) is 0 Å². The Morgan fingerprint density at radius 1 is 1.52 bits per heavy atom. The van der Waals surface area contributed by atoms with Gasteiger partial charge in [-0.15, -0.1) is 0 Å². The third-order valence-electron chi connectivity index (χ3n) is 3.24. The average Bonchev–Trinajstić information content (AvgIpc) is 2.79. The molecule has 0 spiro atoms. The first-order valence-corrected chi connectivity index (χ1v) is 7.29. The lowest BCUT2D eigenvalue weighted by atomic mass is 9.88. The monoisotopic (exact) mass is 306 g/mol. The summed E-state index contributed by atoms with van der Waals surface area (Å²) in [6.07, 6.45) is 0.626. The minimum Gasteiger partial charge on any atom is -0.465 e. The van der Waals surface area contributed by atoms with Gasteiger partial charge in [0.05, 0.1) is 10.6 Å². The molecule has 2 rings (SSSR count). The van der Waals surface area contributed by atoms with E-state index in [4.69, 9.17) is 10.8 Å². The van der Waals surface area contributed by atoms with Gasteiger partial charge in [-0.1, -0.05) is 25.2 Å². The molecule has 112 valence electrons. The van der Waals surface area contributed by atoms with E-state index < -0.39 is 6.09 Å². The topological polar surface area (TPSA) is 101 Å². The lowest BCUT2D eigenvalue weighted by Crippen LogP contribution is -2.29. The number of amides is 1. The van der Waals surface area contributed by atoms with Gasteiger partial charge in [0.15, 0.2) is 5.13 Å². The van der Waals surface area contributed by atoms with E-state index in [1.165, 1.54) is 11.3 Å². The first kappa shape index (κ1) is 15.4. The molecule has 0 aliphatic carbocycles. The molecule has 0 aromatic carbocycles. The van der Waals surface area contributed by atoms with Crippen LogP contribution in [0.4, 0.5) is 9.93 Å². The van der Waals surface area contributed by atoms with Gasteiger partial charge in [0.2, 0.25) is 0 Å². The van der Waals surface area contributed by atoms with E-state index in [1.54, 1.807) is 6.20 Å². The number of carboxylic acid groups (broad SMARTS) is 1. The van der Waals surface area contributed by atoms with Crippen molar-refractivity contribution in [3.8, 4) is 10.4 Å². The number of hydrogen-bond acceptors (Lipinski definition) is 5. The predicted molar refractivity (Wildman–Crippen MR) is 83.8 cm³/mol. The highest BCUT2D eigenvalue weighted by Crippen LogP contribution is 2.34. The molecule has 0 unspecified atom stereocenters. The predicted octanol–water partition coefficient (Wildman–Crippen LogP) is 2.84. The van der Waals surface area contributed by atoms with Gasteiger partial charge in [-0.2, -0.15) is 0 Å². The summed E-state index contributed by atoms with van der Waals surface area (Å²) >= 11 is 1.31. The molecule has 1 amide bonds. The van der Waals surface area contributed by atoms with Crippen LogP contribution in [0.1, 0.15) is 25.2 Å². The van der Waals surface area contributed by atoms with Gasteiger partial charge < -0.3 is 10.8 Å². The van der Waals surface area contributed by atoms with Gasteiger partial charge in [-0.3, -0.25) is 10.3 Å². The SMILES string of the molecule is Cc1nc(NC(=O)O)sc1-c1ccnc(C(C)(C)CN)c1. The second-order valence-electron chi connectivity index (χ2n) is 5.38. The van der Waals surface area contributed by atoms with Crippen LogP contribution in [-0.2, 0) is 5.41 Å². The first-order chi connectivity index (χ1) is 9.83. The van der Waals surface area contributed by atoms with Crippen LogP contribution >= 0.6 is 11.3 Å². The van der Waals surface area contributed by atoms with Crippen LogP contribution in [0.2, 0.25) is 0 Å². The summed E-state index contributed by atoms with van der Waals surface area (Å²) in [7, 11) is 0. The Balaban J connectivity index is 2.41. The van der Waals surface area contributed by atoms with Crippen molar-refractivity contribution in [3.63, 3.8) is 0 Å². The number of nitrogens with zero attached hydrogens (tertiary/aromatic N) is 2. The third kappa shape index (κ3) is 3.37.